The molecule has 0 aliphatic rings. The first-order valence-corrected chi connectivity index (χ1v) is 10.1. The molecule has 2 aromatic carbocycles. The van der Waals surface area contributed by atoms with Crippen LogP contribution in [-0.4, -0.2) is 51.6 Å². The molecule has 3 N–H and O–H groups in total. The van der Waals surface area contributed by atoms with Crippen molar-refractivity contribution in [1.82, 2.24) is 10.6 Å². The van der Waals surface area contributed by atoms with Crippen molar-refractivity contribution < 1.29 is 19.3 Å². The number of hydrogen-bond donors (Lipinski definition) is 3. The lowest BCUT2D eigenvalue weighted by molar-refractivity contribution is 0.145. The van der Waals surface area contributed by atoms with Crippen LogP contribution in [0.5, 0.6) is 11.5 Å². The summed E-state index contributed by atoms with van der Waals surface area (Å²) < 4.78 is 16.1. The van der Waals surface area contributed by atoms with Crippen LogP contribution in [0.2, 0.25) is 0 Å². The van der Waals surface area contributed by atoms with Crippen LogP contribution in [0.4, 0.5) is 0 Å². The summed E-state index contributed by atoms with van der Waals surface area (Å²) in [5, 5.41) is 16.9. The molecule has 1 atom stereocenters. The minimum absolute atomic E-state index is 0. The number of nitrogens with one attached hydrogen (secondary N) is 2. The van der Waals surface area contributed by atoms with Crippen LogP contribution >= 0.6 is 24.0 Å². The van der Waals surface area contributed by atoms with E-state index in [9.17, 15) is 5.11 Å². The molecule has 31 heavy (non-hydrogen) atoms. The lowest BCUT2D eigenvalue weighted by Gasteiger charge is -2.16. The van der Waals surface area contributed by atoms with Gasteiger partial charge in [0.25, 0.3) is 0 Å². The van der Waals surface area contributed by atoms with Gasteiger partial charge in [0, 0.05) is 25.8 Å². The van der Waals surface area contributed by atoms with Gasteiger partial charge in [-0.15, -0.1) is 24.0 Å². The molecule has 0 bridgehead atoms. The lowest BCUT2D eigenvalue weighted by Crippen LogP contribution is -2.39. The zero-order chi connectivity index (χ0) is 21.8. The Hall–Kier alpha value is -2.04. The van der Waals surface area contributed by atoms with Gasteiger partial charge >= 0.3 is 0 Å². The quantitative estimate of drug-likeness (QED) is 0.174. The summed E-state index contributed by atoms with van der Waals surface area (Å²) in [6.45, 7) is 6.56. The van der Waals surface area contributed by atoms with E-state index in [1.807, 2.05) is 56.3 Å². The van der Waals surface area contributed by atoms with Gasteiger partial charge in [0.05, 0.1) is 26.4 Å². The maximum Gasteiger partial charge on any atom is 0.191 e. The van der Waals surface area contributed by atoms with E-state index in [1.54, 1.807) is 14.2 Å². The summed E-state index contributed by atoms with van der Waals surface area (Å²) in [7, 11) is 3.27. The maximum absolute atomic E-state index is 10.5. The van der Waals surface area contributed by atoms with Crippen molar-refractivity contribution in [2.45, 2.75) is 26.5 Å². The van der Waals surface area contributed by atoms with E-state index in [2.05, 4.69) is 15.6 Å². The molecule has 2 aromatic rings. The molecule has 0 saturated carbocycles. The standard InChI is InChI=1S/C23H33N3O4.HI/c1-5-24-23(26-16-21(27)18-8-10-20(29-4)11-9-18)25-15-19-7-6-17(2)14-22(19)30-13-12-28-3;/h6-11,14,21,27H,5,12-13,15-16H2,1-4H3,(H2,24,25,26);1H. The van der Waals surface area contributed by atoms with E-state index in [-0.39, 0.29) is 24.0 Å². The van der Waals surface area contributed by atoms with E-state index in [1.165, 1.54) is 0 Å². The molecule has 1 unspecified atom stereocenters. The third kappa shape index (κ3) is 9.32. The molecule has 0 aliphatic heterocycles. The van der Waals surface area contributed by atoms with Crippen LogP contribution in [0.1, 0.15) is 29.7 Å². The Morgan fingerprint density at radius 1 is 1.06 bits per heavy atom. The van der Waals surface area contributed by atoms with Crippen molar-refractivity contribution in [2.24, 2.45) is 4.99 Å². The van der Waals surface area contributed by atoms with Crippen LogP contribution in [-0.2, 0) is 11.3 Å². The first-order chi connectivity index (χ1) is 14.6. The van der Waals surface area contributed by atoms with Gasteiger partial charge in [-0.1, -0.05) is 24.3 Å². The average Bonchev–Trinajstić information content (AvgIpc) is 2.76. The molecule has 0 fully saturated rings. The van der Waals surface area contributed by atoms with E-state index in [0.717, 1.165) is 34.7 Å². The third-order valence-corrected chi connectivity index (χ3v) is 4.48. The van der Waals surface area contributed by atoms with E-state index < -0.39 is 6.10 Å². The highest BCUT2D eigenvalue weighted by molar-refractivity contribution is 14.0. The molecule has 0 amide bonds. The molecule has 0 aliphatic carbocycles. The summed E-state index contributed by atoms with van der Waals surface area (Å²) >= 11 is 0. The Labute approximate surface area is 202 Å². The van der Waals surface area contributed by atoms with E-state index >= 15 is 0 Å². The highest BCUT2D eigenvalue weighted by Crippen LogP contribution is 2.21. The largest absolute Gasteiger partial charge is 0.497 e. The first-order valence-electron chi connectivity index (χ1n) is 10.1. The van der Waals surface area contributed by atoms with Crippen LogP contribution < -0.4 is 20.1 Å². The maximum atomic E-state index is 10.5. The molecule has 0 radical (unpaired) electrons. The number of aryl methyl sites for hydroxylation is 1. The van der Waals surface area contributed by atoms with Gasteiger partial charge in [-0.25, -0.2) is 4.99 Å². The normalized spacial score (nSPS) is 12.0. The van der Waals surface area contributed by atoms with Gasteiger partial charge in [0.1, 0.15) is 18.1 Å². The minimum Gasteiger partial charge on any atom is -0.497 e. The number of halogens is 1. The molecule has 0 aromatic heterocycles. The second-order valence-electron chi connectivity index (χ2n) is 6.82. The van der Waals surface area contributed by atoms with Gasteiger partial charge in [0.15, 0.2) is 5.96 Å². The highest BCUT2D eigenvalue weighted by atomic mass is 127. The SMILES string of the molecule is CCNC(=NCc1ccc(C)cc1OCCOC)NCC(O)c1ccc(OC)cc1.I. The zero-order valence-corrected chi connectivity index (χ0v) is 21.0. The van der Waals surface area contributed by atoms with Crippen molar-refractivity contribution in [3.05, 3.63) is 59.2 Å². The van der Waals surface area contributed by atoms with Crippen molar-refractivity contribution in [3.63, 3.8) is 0 Å². The molecular weight excluding hydrogens is 509 g/mol. The molecule has 0 heterocycles. The predicted octanol–water partition coefficient (Wildman–Crippen LogP) is 3.44. The number of aliphatic hydroxyl groups excluding tert-OH is 1. The van der Waals surface area contributed by atoms with Gasteiger partial charge in [0.2, 0.25) is 0 Å². The monoisotopic (exact) mass is 543 g/mol. The topological polar surface area (TPSA) is 84.3 Å². The number of hydrogen-bond acceptors (Lipinski definition) is 5. The molecule has 7 nitrogen and oxygen atoms in total. The Kier molecular flexibility index (Phi) is 13.0. The molecule has 2 rings (SSSR count). The second kappa shape index (κ2) is 14.9. The second-order valence-corrected chi connectivity index (χ2v) is 6.82. The number of nitrogens with zero attached hydrogens (tertiary/aromatic N) is 1. The lowest BCUT2D eigenvalue weighted by atomic mass is 10.1. The predicted molar refractivity (Wildman–Crippen MR) is 135 cm³/mol. The summed E-state index contributed by atoms with van der Waals surface area (Å²) in [5.41, 5.74) is 2.93. The van der Waals surface area contributed by atoms with Crippen LogP contribution in [0.15, 0.2) is 47.5 Å². The fourth-order valence-corrected chi connectivity index (χ4v) is 2.80. The molecule has 0 saturated heterocycles. The third-order valence-electron chi connectivity index (χ3n) is 4.48. The van der Waals surface area contributed by atoms with Crippen molar-refractivity contribution in [2.75, 3.05) is 40.5 Å². The van der Waals surface area contributed by atoms with Crippen LogP contribution in [0, 0.1) is 6.92 Å². The number of guanidine groups is 1. The van der Waals surface area contributed by atoms with Crippen molar-refractivity contribution in [3.8, 4) is 11.5 Å². The molecule has 8 heteroatoms. The van der Waals surface area contributed by atoms with Gasteiger partial charge in [-0.3, -0.25) is 0 Å². The van der Waals surface area contributed by atoms with Crippen LogP contribution in [0.3, 0.4) is 0 Å². The number of benzene rings is 2. The molecule has 0 spiro atoms. The fraction of sp³-hybridized carbons (Fsp3) is 0.435. The molecule has 172 valence electrons. The summed E-state index contributed by atoms with van der Waals surface area (Å²) in [6.07, 6.45) is -0.660. The first kappa shape index (κ1) is 27.0. The summed E-state index contributed by atoms with van der Waals surface area (Å²) in [6, 6.07) is 13.4. The highest BCUT2D eigenvalue weighted by Gasteiger charge is 2.10. The molecular formula is C23H34IN3O4. The Morgan fingerprint density at radius 2 is 1.81 bits per heavy atom. The van der Waals surface area contributed by atoms with Gasteiger partial charge < -0.3 is 30.0 Å². The minimum atomic E-state index is -0.660. The number of rotatable bonds is 11. The van der Waals surface area contributed by atoms with Crippen molar-refractivity contribution >= 4 is 29.9 Å². The van der Waals surface area contributed by atoms with Gasteiger partial charge in [-0.2, -0.15) is 0 Å². The van der Waals surface area contributed by atoms with Crippen molar-refractivity contribution in [1.29, 1.82) is 0 Å². The number of ether oxygens (including phenoxy) is 3. The smallest absolute Gasteiger partial charge is 0.191 e. The Balaban J connectivity index is 0.00000480. The average molecular weight is 543 g/mol. The number of aliphatic imine (C=N–C) groups is 1. The van der Waals surface area contributed by atoms with E-state index in [0.29, 0.717) is 32.3 Å². The zero-order valence-electron chi connectivity index (χ0n) is 18.7. The number of methoxy groups -OCH3 is 2. The van der Waals surface area contributed by atoms with E-state index in [4.69, 9.17) is 14.2 Å². The summed E-state index contributed by atoms with van der Waals surface area (Å²) in [4.78, 5) is 4.65. The van der Waals surface area contributed by atoms with Gasteiger partial charge in [-0.05, 0) is 43.2 Å². The van der Waals surface area contributed by atoms with Crippen LogP contribution in [0.25, 0.3) is 0 Å². The fourth-order valence-electron chi connectivity index (χ4n) is 2.80. The number of aliphatic hydroxyl groups is 1. The summed E-state index contributed by atoms with van der Waals surface area (Å²) in [5.74, 6) is 2.20. The Morgan fingerprint density at radius 3 is 2.45 bits per heavy atom. The Bertz CT molecular complexity index is 800.